The van der Waals surface area contributed by atoms with Crippen molar-refractivity contribution in [1.29, 1.82) is 0 Å². The van der Waals surface area contributed by atoms with E-state index in [1.54, 1.807) is 47.4 Å². The number of hydrogen-bond donors (Lipinski definition) is 5. The van der Waals surface area contributed by atoms with E-state index in [2.05, 4.69) is 28.2 Å². The Kier molecular flexibility index (Phi) is 8.66. The highest BCUT2D eigenvalue weighted by atomic mass is 35.5. The van der Waals surface area contributed by atoms with Gasteiger partial charge in [0.15, 0.2) is 0 Å². The highest BCUT2D eigenvalue weighted by Crippen LogP contribution is 2.46. The lowest BCUT2D eigenvalue weighted by molar-refractivity contribution is -0.115. The first kappa shape index (κ1) is 31.4. The number of H-pyrrole nitrogens is 1. The fourth-order valence-corrected chi connectivity index (χ4v) is 6.57. The molecule has 0 bridgehead atoms. The average molecular weight is 679 g/mol. The van der Waals surface area contributed by atoms with E-state index in [-0.39, 0.29) is 46.4 Å². The van der Waals surface area contributed by atoms with Gasteiger partial charge >= 0.3 is 6.09 Å². The fraction of sp³-hybridized carbons (Fsp3) is 0.156. The Morgan fingerprint density at radius 1 is 0.978 bits per heavy atom. The van der Waals surface area contributed by atoms with E-state index in [0.29, 0.717) is 40.3 Å². The van der Waals surface area contributed by atoms with Crippen molar-refractivity contribution < 1.29 is 32.1 Å². The van der Waals surface area contributed by atoms with Crippen LogP contribution in [0.5, 0.6) is 5.75 Å². The molecule has 0 fully saturated rings. The highest BCUT2D eigenvalue weighted by Gasteiger charge is 2.36. The molecular formula is C32H27ClN4O7S2. The van der Waals surface area contributed by atoms with E-state index in [9.17, 15) is 27.4 Å². The number of anilines is 3. The van der Waals surface area contributed by atoms with Crippen LogP contribution in [0.1, 0.15) is 28.4 Å². The molecule has 0 aliphatic carbocycles. The van der Waals surface area contributed by atoms with Crippen LogP contribution in [0.25, 0.3) is 21.7 Å². The van der Waals surface area contributed by atoms with Crippen LogP contribution in [-0.4, -0.2) is 54.0 Å². The number of nitrogens with one attached hydrogen (secondary N) is 3. The molecule has 14 heteroatoms. The van der Waals surface area contributed by atoms with Gasteiger partial charge in [0.05, 0.1) is 10.6 Å². The SMILES string of the molecule is O=C(CCS)Nc1ccc2[nH]c(C(=O)N3C[C@@H](CCl)c4c3cc(OC(=O)Nc3cccc(S(=O)(=O)O)c3)c3ccccc43)cc2c1. The molecule has 4 N–H and O–H groups in total. The summed E-state index contributed by atoms with van der Waals surface area (Å²) >= 11 is 10.5. The molecule has 0 unspecified atom stereocenters. The van der Waals surface area contributed by atoms with Gasteiger partial charge in [-0.3, -0.25) is 19.5 Å². The first-order valence-corrected chi connectivity index (χ1v) is 16.7. The summed E-state index contributed by atoms with van der Waals surface area (Å²) in [4.78, 5) is 43.4. The lowest BCUT2D eigenvalue weighted by atomic mass is 9.95. The van der Waals surface area contributed by atoms with Gasteiger partial charge in [-0.2, -0.15) is 21.0 Å². The number of carbonyl (C=O) groups is 3. The molecule has 1 aliphatic rings. The second-order valence-electron chi connectivity index (χ2n) is 10.6. The maximum atomic E-state index is 14.0. The average Bonchev–Trinajstić information content (AvgIpc) is 3.62. The lowest BCUT2D eigenvalue weighted by Gasteiger charge is -2.19. The number of ether oxygens (including phenoxy) is 1. The molecule has 0 radical (unpaired) electrons. The number of hydrogen-bond acceptors (Lipinski definition) is 7. The molecule has 1 aromatic heterocycles. The van der Waals surface area contributed by atoms with E-state index in [4.69, 9.17) is 16.3 Å². The number of alkyl halides is 1. The molecule has 1 atom stereocenters. The van der Waals surface area contributed by atoms with Crippen molar-refractivity contribution in [2.24, 2.45) is 0 Å². The number of aromatic nitrogens is 1. The first-order valence-electron chi connectivity index (χ1n) is 14.1. The topological polar surface area (TPSA) is 158 Å². The maximum Gasteiger partial charge on any atom is 0.417 e. The van der Waals surface area contributed by atoms with Crippen LogP contribution in [0.15, 0.2) is 83.8 Å². The summed E-state index contributed by atoms with van der Waals surface area (Å²) in [5, 5.41) is 7.41. The van der Waals surface area contributed by atoms with Crippen LogP contribution in [0.4, 0.5) is 21.9 Å². The number of carbonyl (C=O) groups excluding carboxylic acids is 3. The molecule has 3 amide bonds. The number of aromatic amines is 1. The van der Waals surface area contributed by atoms with Crippen molar-refractivity contribution in [3.8, 4) is 5.75 Å². The van der Waals surface area contributed by atoms with Gasteiger partial charge in [-0.05, 0) is 59.2 Å². The van der Waals surface area contributed by atoms with Crippen molar-refractivity contribution in [1.82, 2.24) is 4.98 Å². The van der Waals surface area contributed by atoms with Crippen molar-refractivity contribution in [3.63, 3.8) is 0 Å². The van der Waals surface area contributed by atoms with Gasteiger partial charge in [0, 0.05) is 58.5 Å². The zero-order valence-electron chi connectivity index (χ0n) is 24.0. The third-order valence-corrected chi connectivity index (χ3v) is 9.06. The van der Waals surface area contributed by atoms with E-state index in [1.807, 2.05) is 12.1 Å². The Bertz CT molecular complexity index is 2130. The molecule has 236 valence electrons. The highest BCUT2D eigenvalue weighted by molar-refractivity contribution is 7.85. The smallest absolute Gasteiger partial charge is 0.409 e. The summed E-state index contributed by atoms with van der Waals surface area (Å²) in [5.74, 6) is 0.160. The zero-order valence-corrected chi connectivity index (χ0v) is 26.5. The summed E-state index contributed by atoms with van der Waals surface area (Å²) in [7, 11) is -4.48. The molecule has 1 aliphatic heterocycles. The van der Waals surface area contributed by atoms with Crippen LogP contribution >= 0.6 is 24.2 Å². The number of fused-ring (bicyclic) bond motifs is 4. The molecule has 4 aromatic carbocycles. The van der Waals surface area contributed by atoms with Gasteiger partial charge in [0.1, 0.15) is 11.4 Å². The van der Waals surface area contributed by atoms with Crippen molar-refractivity contribution >= 4 is 91.0 Å². The molecule has 0 saturated carbocycles. The minimum absolute atomic E-state index is 0.0906. The van der Waals surface area contributed by atoms with Gasteiger partial charge in [0.2, 0.25) is 5.91 Å². The summed E-state index contributed by atoms with van der Waals surface area (Å²) in [6, 6.07) is 21.0. The van der Waals surface area contributed by atoms with Gasteiger partial charge < -0.3 is 19.9 Å². The Hall–Kier alpha value is -4.56. The zero-order chi connectivity index (χ0) is 32.6. The molecule has 11 nitrogen and oxygen atoms in total. The Balaban J connectivity index is 1.33. The maximum absolute atomic E-state index is 14.0. The minimum Gasteiger partial charge on any atom is -0.409 e. The lowest BCUT2D eigenvalue weighted by Crippen LogP contribution is -2.30. The largest absolute Gasteiger partial charge is 0.417 e. The van der Waals surface area contributed by atoms with Gasteiger partial charge in [-0.15, -0.1) is 11.6 Å². The normalized spacial score (nSPS) is 14.3. The minimum atomic E-state index is -4.48. The predicted octanol–water partition coefficient (Wildman–Crippen LogP) is 6.42. The summed E-state index contributed by atoms with van der Waals surface area (Å²) in [5.41, 5.74) is 3.10. The third-order valence-electron chi connectivity index (χ3n) is 7.61. The Labute approximate surface area is 274 Å². The van der Waals surface area contributed by atoms with Crippen LogP contribution in [-0.2, 0) is 14.9 Å². The summed E-state index contributed by atoms with van der Waals surface area (Å²) in [6.45, 7) is 0.292. The number of halogens is 1. The van der Waals surface area contributed by atoms with Crippen LogP contribution < -0.4 is 20.3 Å². The molecule has 5 aromatic rings. The second-order valence-corrected chi connectivity index (χ2v) is 12.8. The number of amides is 3. The van der Waals surface area contributed by atoms with Crippen LogP contribution in [0.3, 0.4) is 0 Å². The van der Waals surface area contributed by atoms with Gasteiger partial charge in [-0.1, -0.05) is 30.3 Å². The second kappa shape index (κ2) is 12.7. The number of rotatable bonds is 8. The number of nitrogens with zero attached hydrogens (tertiary/aromatic N) is 1. The Morgan fingerprint density at radius 2 is 1.74 bits per heavy atom. The molecule has 6 rings (SSSR count). The molecular weight excluding hydrogens is 652 g/mol. The first-order chi connectivity index (χ1) is 22.0. The summed E-state index contributed by atoms with van der Waals surface area (Å²) in [6.07, 6.45) is -0.632. The number of thiol groups is 1. The van der Waals surface area contributed by atoms with Crippen molar-refractivity contribution in [3.05, 3.63) is 90.1 Å². The predicted molar refractivity (Wildman–Crippen MR) is 180 cm³/mol. The van der Waals surface area contributed by atoms with Gasteiger partial charge in [-0.25, -0.2) is 4.79 Å². The quantitative estimate of drug-likeness (QED) is 0.0720. The summed E-state index contributed by atoms with van der Waals surface area (Å²) < 4.78 is 38.1. The van der Waals surface area contributed by atoms with Crippen molar-refractivity contribution in [2.75, 3.05) is 33.7 Å². The van der Waals surface area contributed by atoms with E-state index in [1.165, 1.54) is 18.2 Å². The molecule has 0 spiro atoms. The standard InChI is InChI=1S/C32H27ClN4O7S2/c33-16-19-17-37(31(39)26-13-18-12-21(8-9-25(18)36-26)34-29(38)10-11-45)27-15-28(23-6-1-2-7-24(23)30(19)27)44-32(40)35-20-4-3-5-22(14-20)46(41,42)43/h1-9,12-15,19,36,45H,10-11,16-17H2,(H,34,38)(H,35,40)(H,41,42,43)/t19-/m1/s1. The molecule has 46 heavy (non-hydrogen) atoms. The monoisotopic (exact) mass is 678 g/mol. The van der Waals surface area contributed by atoms with E-state index >= 15 is 0 Å². The van der Waals surface area contributed by atoms with Crippen LogP contribution in [0.2, 0.25) is 0 Å². The molecule has 2 heterocycles. The van der Waals surface area contributed by atoms with E-state index < -0.39 is 16.2 Å². The number of benzene rings is 4. The fourth-order valence-electron chi connectivity index (χ4n) is 5.59. The van der Waals surface area contributed by atoms with Crippen molar-refractivity contribution in [2.45, 2.75) is 17.2 Å². The van der Waals surface area contributed by atoms with Crippen LogP contribution in [0, 0.1) is 0 Å². The third kappa shape index (κ3) is 6.27. The van der Waals surface area contributed by atoms with E-state index in [0.717, 1.165) is 22.4 Å². The Morgan fingerprint density at radius 3 is 2.48 bits per heavy atom. The van der Waals surface area contributed by atoms with Gasteiger partial charge in [0.25, 0.3) is 16.0 Å². The molecule has 0 saturated heterocycles.